The van der Waals surface area contributed by atoms with E-state index in [1.165, 1.54) is 76.6 Å². The molecule has 2 heteroatoms. The largest absolute Gasteiger partial charge is 0.456 e. The van der Waals surface area contributed by atoms with Gasteiger partial charge in [0.15, 0.2) is 0 Å². The maximum atomic E-state index is 6.40. The van der Waals surface area contributed by atoms with Crippen molar-refractivity contribution in [1.29, 1.82) is 0 Å². The zero-order valence-electron chi connectivity index (χ0n) is 33.9. The lowest BCUT2D eigenvalue weighted by molar-refractivity contribution is 0.669. The second kappa shape index (κ2) is 14.8. The van der Waals surface area contributed by atoms with Gasteiger partial charge in [0.25, 0.3) is 0 Å². The molecular formula is C60H39NO. The number of hydrogen-bond donors (Lipinski definition) is 0. The number of anilines is 3. The molecule has 0 aliphatic rings. The summed E-state index contributed by atoms with van der Waals surface area (Å²) in [6.07, 6.45) is 0. The standard InChI is InChI=1S/C60H39NO/c1-3-12-40(13-4-1)42-22-24-43(25-23-42)45-28-33-49(34-29-45)61(48-31-26-44(27-32-48)41-14-5-2-6-15-41)50-17-11-16-46(38-50)47-30-35-52-51-18-7-8-19-53(51)59-54(56(52)39-47)36-37-58-60(59)55-20-9-10-21-57(55)62-58/h1-39H. The highest BCUT2D eigenvalue weighted by Crippen LogP contribution is 2.44. The Morgan fingerprint density at radius 3 is 1.29 bits per heavy atom. The van der Waals surface area contributed by atoms with Crippen molar-refractivity contribution in [3.05, 3.63) is 237 Å². The molecule has 0 aliphatic heterocycles. The average molecular weight is 790 g/mol. The van der Waals surface area contributed by atoms with Crippen LogP contribution in [0.3, 0.4) is 0 Å². The number of rotatable bonds is 7. The van der Waals surface area contributed by atoms with Gasteiger partial charge in [-0.3, -0.25) is 0 Å². The van der Waals surface area contributed by atoms with Crippen LogP contribution >= 0.6 is 0 Å². The highest BCUT2D eigenvalue weighted by molar-refractivity contribution is 6.34. The normalized spacial score (nSPS) is 11.5. The van der Waals surface area contributed by atoms with Crippen molar-refractivity contribution in [2.75, 3.05) is 4.90 Å². The summed E-state index contributed by atoms with van der Waals surface area (Å²) in [7, 11) is 0. The second-order valence-corrected chi connectivity index (χ2v) is 16.1. The van der Waals surface area contributed by atoms with Crippen molar-refractivity contribution < 1.29 is 4.42 Å². The van der Waals surface area contributed by atoms with E-state index in [9.17, 15) is 0 Å². The topological polar surface area (TPSA) is 16.4 Å². The minimum Gasteiger partial charge on any atom is -0.456 e. The summed E-state index contributed by atoms with van der Waals surface area (Å²) in [5.74, 6) is 0. The minimum absolute atomic E-state index is 0.913. The average Bonchev–Trinajstić information content (AvgIpc) is 3.74. The number of fused-ring (bicyclic) bond motifs is 10. The Balaban J connectivity index is 0.974. The first-order valence-electron chi connectivity index (χ1n) is 21.2. The molecule has 0 aliphatic carbocycles. The zero-order chi connectivity index (χ0) is 41.0. The summed E-state index contributed by atoms with van der Waals surface area (Å²) in [5, 5.41) is 9.75. The molecule has 62 heavy (non-hydrogen) atoms. The minimum atomic E-state index is 0.913. The van der Waals surface area contributed by atoms with E-state index in [4.69, 9.17) is 4.42 Å². The molecule has 0 fully saturated rings. The predicted molar refractivity (Wildman–Crippen MR) is 263 cm³/mol. The van der Waals surface area contributed by atoms with Crippen LogP contribution in [0.25, 0.3) is 98.8 Å². The lowest BCUT2D eigenvalue weighted by Crippen LogP contribution is -2.10. The van der Waals surface area contributed by atoms with Gasteiger partial charge in [-0.05, 0) is 132 Å². The van der Waals surface area contributed by atoms with E-state index in [0.717, 1.165) is 39.2 Å². The van der Waals surface area contributed by atoms with E-state index < -0.39 is 0 Å². The van der Waals surface area contributed by atoms with Crippen LogP contribution < -0.4 is 4.90 Å². The molecule has 2 nitrogen and oxygen atoms in total. The first kappa shape index (κ1) is 35.7. The van der Waals surface area contributed by atoms with Gasteiger partial charge in [0, 0.05) is 33.2 Å². The number of hydrogen-bond acceptors (Lipinski definition) is 2. The molecule has 1 aromatic heterocycles. The van der Waals surface area contributed by atoms with Crippen molar-refractivity contribution in [3.63, 3.8) is 0 Å². The summed E-state index contributed by atoms with van der Waals surface area (Å²) < 4.78 is 6.40. The fraction of sp³-hybridized carbons (Fsp3) is 0. The van der Waals surface area contributed by atoms with Gasteiger partial charge >= 0.3 is 0 Å². The third-order valence-corrected chi connectivity index (χ3v) is 12.5. The number of furan rings is 1. The van der Waals surface area contributed by atoms with E-state index in [0.29, 0.717) is 0 Å². The molecule has 0 bridgehead atoms. The van der Waals surface area contributed by atoms with E-state index in [1.54, 1.807) is 0 Å². The predicted octanol–water partition coefficient (Wildman–Crippen LogP) is 17.2. The Kier molecular flexibility index (Phi) is 8.53. The maximum absolute atomic E-state index is 6.40. The lowest BCUT2D eigenvalue weighted by atomic mass is 9.90. The van der Waals surface area contributed by atoms with Gasteiger partial charge in [-0.2, -0.15) is 0 Å². The molecule has 0 saturated carbocycles. The second-order valence-electron chi connectivity index (χ2n) is 16.1. The summed E-state index contributed by atoms with van der Waals surface area (Å²) >= 11 is 0. The molecular weight excluding hydrogens is 751 g/mol. The molecule has 0 saturated heterocycles. The number of para-hydroxylation sites is 1. The molecule has 0 spiro atoms. The van der Waals surface area contributed by atoms with Crippen LogP contribution in [0.5, 0.6) is 0 Å². The Labute approximate surface area is 360 Å². The lowest BCUT2D eigenvalue weighted by Gasteiger charge is -2.26. The van der Waals surface area contributed by atoms with Crippen LogP contribution in [-0.2, 0) is 0 Å². The zero-order valence-corrected chi connectivity index (χ0v) is 33.9. The number of nitrogens with zero attached hydrogens (tertiary/aromatic N) is 1. The molecule has 0 N–H and O–H groups in total. The van der Waals surface area contributed by atoms with Crippen LogP contribution in [0, 0.1) is 0 Å². The van der Waals surface area contributed by atoms with E-state index in [2.05, 4.69) is 235 Å². The third kappa shape index (κ3) is 6.12. The Bertz CT molecular complexity index is 3590. The van der Waals surface area contributed by atoms with Gasteiger partial charge in [-0.15, -0.1) is 0 Å². The van der Waals surface area contributed by atoms with Crippen molar-refractivity contribution in [2.45, 2.75) is 0 Å². The van der Waals surface area contributed by atoms with Crippen molar-refractivity contribution in [1.82, 2.24) is 0 Å². The van der Waals surface area contributed by atoms with Gasteiger partial charge in [0.1, 0.15) is 11.2 Å². The molecule has 290 valence electrons. The third-order valence-electron chi connectivity index (χ3n) is 12.5. The molecule has 0 unspecified atom stereocenters. The Morgan fingerprint density at radius 1 is 0.226 bits per heavy atom. The monoisotopic (exact) mass is 789 g/mol. The van der Waals surface area contributed by atoms with Crippen molar-refractivity contribution in [2.24, 2.45) is 0 Å². The maximum Gasteiger partial charge on any atom is 0.136 e. The molecule has 1 heterocycles. The molecule has 0 atom stereocenters. The van der Waals surface area contributed by atoms with Crippen LogP contribution in [0.2, 0.25) is 0 Å². The highest BCUT2D eigenvalue weighted by Gasteiger charge is 2.18. The van der Waals surface area contributed by atoms with Crippen molar-refractivity contribution >= 4 is 71.3 Å². The summed E-state index contributed by atoms with van der Waals surface area (Å²) in [6.45, 7) is 0. The van der Waals surface area contributed by atoms with Crippen LogP contribution in [0.15, 0.2) is 241 Å². The van der Waals surface area contributed by atoms with E-state index >= 15 is 0 Å². The fourth-order valence-corrected chi connectivity index (χ4v) is 9.43. The molecule has 12 rings (SSSR count). The van der Waals surface area contributed by atoms with Gasteiger partial charge in [-0.25, -0.2) is 0 Å². The summed E-state index contributed by atoms with van der Waals surface area (Å²) in [5.41, 5.74) is 14.6. The van der Waals surface area contributed by atoms with Gasteiger partial charge in [0.05, 0.1) is 0 Å². The van der Waals surface area contributed by atoms with Gasteiger partial charge < -0.3 is 9.32 Å². The molecule has 0 radical (unpaired) electrons. The van der Waals surface area contributed by atoms with Crippen LogP contribution in [-0.4, -0.2) is 0 Å². The smallest absolute Gasteiger partial charge is 0.136 e. The molecule has 11 aromatic carbocycles. The first-order chi connectivity index (χ1) is 30.7. The van der Waals surface area contributed by atoms with E-state index in [-0.39, 0.29) is 0 Å². The van der Waals surface area contributed by atoms with Crippen molar-refractivity contribution in [3.8, 4) is 44.5 Å². The first-order valence-corrected chi connectivity index (χ1v) is 21.2. The van der Waals surface area contributed by atoms with E-state index in [1.807, 2.05) is 6.07 Å². The van der Waals surface area contributed by atoms with Gasteiger partial charge in [0.2, 0.25) is 0 Å². The highest BCUT2D eigenvalue weighted by atomic mass is 16.3. The molecule has 0 amide bonds. The summed E-state index contributed by atoms with van der Waals surface area (Å²) in [4.78, 5) is 2.37. The molecule has 12 aromatic rings. The van der Waals surface area contributed by atoms with Crippen LogP contribution in [0.1, 0.15) is 0 Å². The fourth-order valence-electron chi connectivity index (χ4n) is 9.43. The quantitative estimate of drug-likeness (QED) is 0.150. The van der Waals surface area contributed by atoms with Crippen LogP contribution in [0.4, 0.5) is 17.1 Å². The summed E-state index contributed by atoms with van der Waals surface area (Å²) in [6, 6.07) is 85.4. The SMILES string of the molecule is c1ccc(-c2ccc(-c3ccc(N(c4ccc(-c5ccccc5)cc4)c4cccc(-c5ccc6c7ccccc7c7c(ccc8oc9ccccc9c87)c6c5)c4)cc3)cc2)cc1. The van der Waals surface area contributed by atoms with Gasteiger partial charge in [-0.1, -0.05) is 176 Å². The number of benzene rings is 11. The Morgan fingerprint density at radius 2 is 0.661 bits per heavy atom. The Hall–Kier alpha value is -8.20.